The van der Waals surface area contributed by atoms with Crippen LogP contribution in [0.25, 0.3) is 0 Å². The lowest BCUT2D eigenvalue weighted by Gasteiger charge is -2.15. The molecule has 0 saturated carbocycles. The molecule has 2 aromatic rings. The van der Waals surface area contributed by atoms with Gasteiger partial charge in [-0.1, -0.05) is 0 Å². The molecule has 1 amide bonds. The molecule has 116 valence electrons. The number of hydrogen-bond acceptors (Lipinski definition) is 5. The molecule has 7 nitrogen and oxygen atoms in total. The molecular formula is C15H19N5O2. The lowest BCUT2D eigenvalue weighted by molar-refractivity contribution is 0.0763. The molecule has 3 heterocycles. The third kappa shape index (κ3) is 2.99. The van der Waals surface area contributed by atoms with Gasteiger partial charge in [0.15, 0.2) is 0 Å². The molecule has 1 saturated heterocycles. The minimum atomic E-state index is -0.535. The molecule has 2 aromatic heterocycles. The number of carbonyl (C=O) groups is 1. The number of nitrogens with one attached hydrogen (secondary N) is 1. The van der Waals surface area contributed by atoms with Crippen molar-refractivity contribution in [1.82, 2.24) is 25.1 Å². The van der Waals surface area contributed by atoms with Crippen molar-refractivity contribution in [3.05, 3.63) is 41.2 Å². The van der Waals surface area contributed by atoms with Gasteiger partial charge in [0.25, 0.3) is 5.91 Å². The van der Waals surface area contributed by atoms with E-state index in [-0.39, 0.29) is 11.8 Å². The second kappa shape index (κ2) is 5.84. The van der Waals surface area contributed by atoms with E-state index in [4.69, 9.17) is 0 Å². The van der Waals surface area contributed by atoms with E-state index in [1.807, 2.05) is 13.0 Å². The van der Waals surface area contributed by atoms with E-state index < -0.39 is 6.10 Å². The van der Waals surface area contributed by atoms with Crippen molar-refractivity contribution < 1.29 is 9.90 Å². The van der Waals surface area contributed by atoms with E-state index in [0.29, 0.717) is 30.9 Å². The topological polar surface area (TPSA) is 95.0 Å². The largest absolute Gasteiger partial charge is 0.391 e. The highest BCUT2D eigenvalue weighted by Gasteiger charge is 2.34. The van der Waals surface area contributed by atoms with Crippen LogP contribution in [0.3, 0.4) is 0 Å². The van der Waals surface area contributed by atoms with Crippen LogP contribution in [0.15, 0.2) is 18.5 Å². The molecule has 0 aliphatic carbocycles. The number of aromatic nitrogens is 4. The van der Waals surface area contributed by atoms with Gasteiger partial charge >= 0.3 is 0 Å². The van der Waals surface area contributed by atoms with E-state index >= 15 is 0 Å². The number of aryl methyl sites for hydroxylation is 2. The number of amides is 1. The van der Waals surface area contributed by atoms with Crippen molar-refractivity contribution in [2.24, 2.45) is 5.92 Å². The fourth-order valence-corrected chi connectivity index (χ4v) is 2.75. The van der Waals surface area contributed by atoms with Crippen LogP contribution < -0.4 is 0 Å². The standard InChI is InChI=1S/C15H19N5O2/c1-9-3-13(19-18-9)4-11-7-20(8-14(11)21)15(22)12-5-16-10(2)17-6-12/h3,5-6,11,14,21H,4,7-8H2,1-2H3,(H,18,19)/t11-,14-/m1/s1. The molecule has 2 N–H and O–H groups in total. The van der Waals surface area contributed by atoms with E-state index in [0.717, 1.165) is 11.4 Å². The molecule has 1 fully saturated rings. The van der Waals surface area contributed by atoms with Crippen LogP contribution >= 0.6 is 0 Å². The minimum absolute atomic E-state index is 0.00184. The monoisotopic (exact) mass is 301 g/mol. The Morgan fingerprint density at radius 3 is 2.73 bits per heavy atom. The molecule has 3 rings (SSSR count). The summed E-state index contributed by atoms with van der Waals surface area (Å²) in [6.45, 7) is 4.56. The van der Waals surface area contributed by atoms with Crippen LogP contribution in [-0.4, -0.2) is 55.3 Å². The number of nitrogens with zero attached hydrogens (tertiary/aromatic N) is 4. The van der Waals surface area contributed by atoms with Crippen LogP contribution in [0.2, 0.25) is 0 Å². The quantitative estimate of drug-likeness (QED) is 0.860. The highest BCUT2D eigenvalue weighted by Crippen LogP contribution is 2.22. The van der Waals surface area contributed by atoms with E-state index in [1.54, 1.807) is 11.8 Å². The number of rotatable bonds is 3. The Labute approximate surface area is 128 Å². The van der Waals surface area contributed by atoms with Gasteiger partial charge in [0.2, 0.25) is 0 Å². The van der Waals surface area contributed by atoms with Crippen molar-refractivity contribution in [3.63, 3.8) is 0 Å². The van der Waals surface area contributed by atoms with Crippen molar-refractivity contribution in [1.29, 1.82) is 0 Å². The Morgan fingerprint density at radius 2 is 2.09 bits per heavy atom. The lowest BCUT2D eigenvalue weighted by atomic mass is 10.0. The van der Waals surface area contributed by atoms with Gasteiger partial charge in [-0.2, -0.15) is 5.10 Å². The summed E-state index contributed by atoms with van der Waals surface area (Å²) < 4.78 is 0. The summed E-state index contributed by atoms with van der Waals surface area (Å²) in [6.07, 6.45) is 3.18. The number of aromatic amines is 1. The van der Waals surface area contributed by atoms with Crippen LogP contribution in [0.1, 0.15) is 27.6 Å². The van der Waals surface area contributed by atoms with Gasteiger partial charge in [-0.15, -0.1) is 0 Å². The van der Waals surface area contributed by atoms with Crippen LogP contribution in [-0.2, 0) is 6.42 Å². The van der Waals surface area contributed by atoms with Crippen molar-refractivity contribution in [2.75, 3.05) is 13.1 Å². The molecule has 0 bridgehead atoms. The van der Waals surface area contributed by atoms with Gasteiger partial charge in [0.1, 0.15) is 5.82 Å². The maximum atomic E-state index is 12.4. The van der Waals surface area contributed by atoms with Crippen molar-refractivity contribution >= 4 is 5.91 Å². The van der Waals surface area contributed by atoms with E-state index in [2.05, 4.69) is 20.2 Å². The van der Waals surface area contributed by atoms with Crippen molar-refractivity contribution in [3.8, 4) is 0 Å². The molecular weight excluding hydrogens is 282 g/mol. The summed E-state index contributed by atoms with van der Waals surface area (Å²) in [5.41, 5.74) is 2.36. The molecule has 0 aromatic carbocycles. The zero-order chi connectivity index (χ0) is 15.7. The number of hydrogen-bond donors (Lipinski definition) is 2. The number of carbonyl (C=O) groups excluding carboxylic acids is 1. The first-order chi connectivity index (χ1) is 10.5. The van der Waals surface area contributed by atoms with Gasteiger partial charge < -0.3 is 10.0 Å². The molecule has 0 unspecified atom stereocenters. The van der Waals surface area contributed by atoms with Crippen LogP contribution in [0, 0.1) is 19.8 Å². The molecule has 1 aliphatic heterocycles. The predicted molar refractivity (Wildman–Crippen MR) is 79.2 cm³/mol. The highest BCUT2D eigenvalue weighted by atomic mass is 16.3. The molecule has 22 heavy (non-hydrogen) atoms. The highest BCUT2D eigenvalue weighted by molar-refractivity contribution is 5.93. The Balaban J connectivity index is 1.67. The maximum absolute atomic E-state index is 12.4. The molecule has 2 atom stereocenters. The third-order valence-corrected chi connectivity index (χ3v) is 3.95. The summed E-state index contributed by atoms with van der Waals surface area (Å²) in [7, 11) is 0. The zero-order valence-corrected chi connectivity index (χ0v) is 12.7. The van der Waals surface area contributed by atoms with Crippen molar-refractivity contribution in [2.45, 2.75) is 26.4 Å². The Bertz CT molecular complexity index is 667. The number of β-amino-alcohol motifs (C(OH)–C–C–N with tert-alkyl or cyclic N) is 1. The zero-order valence-electron chi connectivity index (χ0n) is 12.7. The van der Waals surface area contributed by atoms with Crippen LogP contribution in [0.5, 0.6) is 0 Å². The summed E-state index contributed by atoms with van der Waals surface area (Å²) in [4.78, 5) is 22.2. The average molecular weight is 301 g/mol. The number of aliphatic hydroxyl groups is 1. The first kappa shape index (κ1) is 14.6. The van der Waals surface area contributed by atoms with E-state index in [1.165, 1.54) is 12.4 Å². The van der Waals surface area contributed by atoms with E-state index in [9.17, 15) is 9.90 Å². The fraction of sp³-hybridized carbons (Fsp3) is 0.467. The summed E-state index contributed by atoms with van der Waals surface area (Å²) in [5, 5.41) is 17.3. The maximum Gasteiger partial charge on any atom is 0.257 e. The van der Waals surface area contributed by atoms with Gasteiger partial charge in [0.05, 0.1) is 17.4 Å². The second-order valence-electron chi connectivity index (χ2n) is 5.80. The van der Waals surface area contributed by atoms with Crippen LogP contribution in [0.4, 0.5) is 0 Å². The fourth-order valence-electron chi connectivity index (χ4n) is 2.75. The number of H-pyrrole nitrogens is 1. The number of likely N-dealkylation sites (tertiary alicyclic amines) is 1. The SMILES string of the molecule is Cc1ncc(C(=O)N2C[C@@H](Cc3cc(C)[nH]n3)[C@H](O)C2)cn1. The average Bonchev–Trinajstić information content (AvgIpc) is 3.06. The molecule has 1 aliphatic rings. The summed E-state index contributed by atoms with van der Waals surface area (Å²) in [6, 6.07) is 1.96. The molecule has 0 radical (unpaired) electrons. The first-order valence-corrected chi connectivity index (χ1v) is 7.30. The predicted octanol–water partition coefficient (Wildman–Crippen LogP) is 0.492. The van der Waals surface area contributed by atoms with Gasteiger partial charge in [-0.3, -0.25) is 9.89 Å². The van der Waals surface area contributed by atoms with Gasteiger partial charge in [-0.05, 0) is 26.3 Å². The minimum Gasteiger partial charge on any atom is -0.391 e. The summed E-state index contributed by atoms with van der Waals surface area (Å²) in [5.74, 6) is 0.488. The lowest BCUT2D eigenvalue weighted by Crippen LogP contribution is -2.29. The summed E-state index contributed by atoms with van der Waals surface area (Å²) >= 11 is 0. The Morgan fingerprint density at radius 1 is 1.36 bits per heavy atom. The molecule has 7 heteroatoms. The smallest absolute Gasteiger partial charge is 0.257 e. The first-order valence-electron chi connectivity index (χ1n) is 7.30. The Kier molecular flexibility index (Phi) is 3.89. The third-order valence-electron chi connectivity index (χ3n) is 3.95. The molecule has 0 spiro atoms. The second-order valence-corrected chi connectivity index (χ2v) is 5.80. The van der Waals surface area contributed by atoms with Gasteiger partial charge in [-0.25, -0.2) is 9.97 Å². The van der Waals surface area contributed by atoms with Gasteiger partial charge in [0, 0.05) is 37.1 Å². The Hall–Kier alpha value is -2.28. The number of aliphatic hydroxyl groups excluding tert-OH is 1. The normalized spacial score (nSPS) is 21.3.